The molecule has 8 nitrogen and oxygen atoms in total. The van der Waals surface area contributed by atoms with E-state index >= 15 is 0 Å². The molecule has 9 heteroatoms. The number of hydrogen-bond donors (Lipinski definition) is 3. The van der Waals surface area contributed by atoms with Crippen LogP contribution in [-0.4, -0.2) is 54.2 Å². The Bertz CT molecular complexity index is 1180. The Morgan fingerprint density at radius 2 is 1.94 bits per heavy atom. The Morgan fingerprint density at radius 3 is 2.64 bits per heavy atom. The number of rotatable bonds is 4. The van der Waals surface area contributed by atoms with E-state index in [-0.39, 0.29) is 12.1 Å². The SMILES string of the molecule is COc1cc(N2C3=C(CNCC3c3ccccc3)C(N)N(C)C2N)ccc1-n1cnc(Cl)c1. The average molecular weight is 466 g/mol. The highest BCUT2D eigenvalue weighted by molar-refractivity contribution is 6.29. The number of methoxy groups -OCH3 is 1. The van der Waals surface area contributed by atoms with Crippen molar-refractivity contribution >= 4 is 17.3 Å². The van der Waals surface area contributed by atoms with Crippen molar-refractivity contribution in [2.45, 2.75) is 18.4 Å². The fraction of sp³-hybridized carbons (Fsp3) is 0.292. The molecule has 0 aliphatic carbocycles. The lowest BCUT2D eigenvalue weighted by atomic mass is 9.86. The van der Waals surface area contributed by atoms with Crippen LogP contribution in [0.2, 0.25) is 5.15 Å². The van der Waals surface area contributed by atoms with E-state index in [1.54, 1.807) is 19.6 Å². The number of aromatic nitrogens is 2. The zero-order chi connectivity index (χ0) is 23.1. The Hall–Kier alpha value is -2.88. The standard InChI is InChI=1S/C24H28ClN7O/c1-30-23(26)18-12-28-11-17(15-6-4-3-5-7-15)22(18)32(24(30)27)16-8-9-19(20(10-16)33-2)31-13-21(25)29-14-31/h3-10,13-14,17,23-24,28H,11-12,26-27H2,1-2H3. The van der Waals surface area contributed by atoms with E-state index in [1.165, 1.54) is 5.56 Å². The van der Waals surface area contributed by atoms with Gasteiger partial charge >= 0.3 is 0 Å². The molecule has 1 aromatic heterocycles. The van der Waals surface area contributed by atoms with Crippen LogP contribution in [0.3, 0.4) is 0 Å². The number of ether oxygens (including phenoxy) is 1. The molecule has 0 radical (unpaired) electrons. The molecule has 0 saturated heterocycles. The van der Waals surface area contributed by atoms with Gasteiger partial charge in [0, 0.05) is 42.7 Å². The fourth-order valence-electron chi connectivity index (χ4n) is 4.79. The highest BCUT2D eigenvalue weighted by Crippen LogP contribution is 2.41. The Labute approximate surface area is 198 Å². The molecule has 3 aromatic rings. The third kappa shape index (κ3) is 3.80. The van der Waals surface area contributed by atoms with Crippen LogP contribution in [0, 0.1) is 0 Å². The Morgan fingerprint density at radius 1 is 1.15 bits per heavy atom. The first kappa shape index (κ1) is 21.9. The molecule has 2 aliphatic rings. The third-order valence-corrected chi connectivity index (χ3v) is 6.73. The van der Waals surface area contributed by atoms with Gasteiger partial charge in [-0.05, 0) is 30.3 Å². The lowest BCUT2D eigenvalue weighted by molar-refractivity contribution is 0.175. The summed E-state index contributed by atoms with van der Waals surface area (Å²) in [5, 5.41) is 3.97. The molecule has 3 unspecified atom stereocenters. The zero-order valence-corrected chi connectivity index (χ0v) is 19.4. The summed E-state index contributed by atoms with van der Waals surface area (Å²) in [4.78, 5) is 8.29. The van der Waals surface area contributed by atoms with E-state index in [4.69, 9.17) is 27.8 Å². The predicted octanol–water partition coefficient (Wildman–Crippen LogP) is 2.45. The maximum Gasteiger partial charge on any atom is 0.147 e. The van der Waals surface area contributed by atoms with Crippen LogP contribution in [0.25, 0.3) is 5.69 Å². The summed E-state index contributed by atoms with van der Waals surface area (Å²) in [6.07, 6.45) is 2.72. The van der Waals surface area contributed by atoms with Gasteiger partial charge in [-0.2, -0.15) is 0 Å². The van der Waals surface area contributed by atoms with Crippen LogP contribution in [0.1, 0.15) is 11.5 Å². The van der Waals surface area contributed by atoms with Crippen molar-refractivity contribution in [1.29, 1.82) is 0 Å². The summed E-state index contributed by atoms with van der Waals surface area (Å²) in [5.74, 6) is 0.817. The number of benzene rings is 2. The lowest BCUT2D eigenvalue weighted by Crippen LogP contribution is -2.65. The van der Waals surface area contributed by atoms with E-state index in [9.17, 15) is 0 Å². The summed E-state index contributed by atoms with van der Waals surface area (Å²) >= 11 is 6.03. The summed E-state index contributed by atoms with van der Waals surface area (Å²) < 4.78 is 7.58. The van der Waals surface area contributed by atoms with Crippen LogP contribution in [0.15, 0.2) is 72.3 Å². The van der Waals surface area contributed by atoms with Crippen molar-refractivity contribution in [3.63, 3.8) is 0 Å². The molecule has 0 spiro atoms. The van der Waals surface area contributed by atoms with Gasteiger partial charge in [0.2, 0.25) is 0 Å². The molecular weight excluding hydrogens is 438 g/mol. The number of imidazole rings is 1. The number of hydrogen-bond acceptors (Lipinski definition) is 7. The van der Waals surface area contributed by atoms with Crippen molar-refractivity contribution < 1.29 is 4.74 Å². The average Bonchev–Trinajstić information content (AvgIpc) is 3.29. The molecule has 0 bridgehead atoms. The Balaban J connectivity index is 1.64. The second-order valence-electron chi connectivity index (χ2n) is 8.36. The minimum Gasteiger partial charge on any atom is -0.494 e. The van der Waals surface area contributed by atoms with Crippen LogP contribution >= 0.6 is 11.6 Å². The second kappa shape index (κ2) is 8.81. The minimum absolute atomic E-state index is 0.124. The van der Waals surface area contributed by atoms with E-state index in [0.717, 1.165) is 35.7 Å². The maximum atomic E-state index is 6.78. The van der Waals surface area contributed by atoms with E-state index in [0.29, 0.717) is 10.9 Å². The van der Waals surface area contributed by atoms with Gasteiger partial charge in [-0.15, -0.1) is 0 Å². The maximum absolute atomic E-state index is 6.78. The van der Waals surface area contributed by atoms with Gasteiger partial charge in [-0.3, -0.25) is 10.6 Å². The van der Waals surface area contributed by atoms with Crippen molar-refractivity contribution in [1.82, 2.24) is 19.8 Å². The van der Waals surface area contributed by atoms with Crippen LogP contribution < -0.4 is 26.4 Å². The van der Waals surface area contributed by atoms with E-state index in [2.05, 4.69) is 39.5 Å². The molecule has 3 atom stereocenters. The number of anilines is 1. The molecule has 2 aliphatic heterocycles. The number of nitrogens with two attached hydrogens (primary N) is 2. The fourth-order valence-corrected chi connectivity index (χ4v) is 4.94. The zero-order valence-electron chi connectivity index (χ0n) is 18.6. The van der Waals surface area contributed by atoms with Gasteiger partial charge in [0.05, 0.1) is 19.0 Å². The second-order valence-corrected chi connectivity index (χ2v) is 8.75. The molecule has 33 heavy (non-hydrogen) atoms. The number of likely N-dealkylation sites (N-methyl/N-ethyl adjacent to an activating group) is 1. The van der Waals surface area contributed by atoms with Gasteiger partial charge in [-0.1, -0.05) is 41.9 Å². The molecule has 2 aromatic carbocycles. The Kier molecular flexibility index (Phi) is 5.86. The summed E-state index contributed by atoms with van der Waals surface area (Å²) in [5.41, 5.74) is 18.7. The van der Waals surface area contributed by atoms with Crippen molar-refractivity contribution in [3.8, 4) is 11.4 Å². The normalized spacial score (nSPS) is 23.5. The van der Waals surface area contributed by atoms with E-state index in [1.807, 2.05) is 40.8 Å². The van der Waals surface area contributed by atoms with Gasteiger partial charge < -0.3 is 25.3 Å². The van der Waals surface area contributed by atoms with E-state index < -0.39 is 6.29 Å². The van der Waals surface area contributed by atoms with Crippen molar-refractivity contribution in [2.75, 3.05) is 32.1 Å². The first-order valence-corrected chi connectivity index (χ1v) is 11.3. The van der Waals surface area contributed by atoms with Gasteiger partial charge in [0.15, 0.2) is 0 Å². The first-order chi connectivity index (χ1) is 16.0. The minimum atomic E-state index is -0.429. The molecule has 5 N–H and O–H groups in total. The molecule has 0 fully saturated rings. The molecule has 0 amide bonds. The predicted molar refractivity (Wildman–Crippen MR) is 130 cm³/mol. The summed E-state index contributed by atoms with van der Waals surface area (Å²) in [6.45, 7) is 1.53. The highest BCUT2D eigenvalue weighted by Gasteiger charge is 2.41. The lowest BCUT2D eigenvalue weighted by Gasteiger charge is -2.50. The first-order valence-electron chi connectivity index (χ1n) is 10.9. The monoisotopic (exact) mass is 465 g/mol. The highest BCUT2D eigenvalue weighted by atomic mass is 35.5. The van der Waals surface area contributed by atoms with Gasteiger partial charge in [0.25, 0.3) is 0 Å². The summed E-state index contributed by atoms with van der Waals surface area (Å²) in [7, 11) is 3.61. The van der Waals surface area contributed by atoms with Crippen LogP contribution in [-0.2, 0) is 0 Å². The molecule has 3 heterocycles. The molecule has 0 saturated carbocycles. The third-order valence-electron chi connectivity index (χ3n) is 6.53. The van der Waals surface area contributed by atoms with Crippen LogP contribution in [0.4, 0.5) is 5.69 Å². The van der Waals surface area contributed by atoms with Crippen molar-refractivity contribution in [2.24, 2.45) is 11.5 Å². The van der Waals surface area contributed by atoms with Crippen LogP contribution in [0.5, 0.6) is 5.75 Å². The number of halogens is 1. The van der Waals surface area contributed by atoms with Gasteiger partial charge in [0.1, 0.15) is 23.5 Å². The molecule has 5 rings (SSSR count). The van der Waals surface area contributed by atoms with Gasteiger partial charge in [-0.25, -0.2) is 4.98 Å². The quantitative estimate of drug-likeness (QED) is 0.544. The van der Waals surface area contributed by atoms with Crippen molar-refractivity contribution in [3.05, 3.63) is 83.0 Å². The number of nitrogens with zero attached hydrogens (tertiary/aromatic N) is 4. The topological polar surface area (TPSA) is 97.6 Å². The smallest absolute Gasteiger partial charge is 0.147 e. The summed E-state index contributed by atoms with van der Waals surface area (Å²) in [6, 6.07) is 16.5. The number of nitrogens with one attached hydrogen (secondary N) is 1. The molecular formula is C24H28ClN7O. The largest absolute Gasteiger partial charge is 0.494 e. The molecule has 172 valence electrons.